The zero-order valence-electron chi connectivity index (χ0n) is 9.84. The summed E-state index contributed by atoms with van der Waals surface area (Å²) in [5.74, 6) is 2.67. The summed E-state index contributed by atoms with van der Waals surface area (Å²) in [5.41, 5.74) is 5.92. The van der Waals surface area contributed by atoms with Crippen molar-refractivity contribution in [3.63, 3.8) is 0 Å². The van der Waals surface area contributed by atoms with Gasteiger partial charge in [-0.25, -0.2) is 0 Å². The van der Waals surface area contributed by atoms with Crippen LogP contribution in [-0.4, -0.2) is 31.1 Å². The largest absolute Gasteiger partial charge is 0.330 e. The molecular formula is C12H24N2. The molecule has 0 heterocycles. The summed E-state index contributed by atoms with van der Waals surface area (Å²) < 4.78 is 0. The molecule has 0 rings (SSSR count). The average Bonchev–Trinajstić information content (AvgIpc) is 2.16. The molecule has 0 aliphatic carbocycles. The molecule has 82 valence electrons. The van der Waals surface area contributed by atoms with Crippen LogP contribution in [0.1, 0.15) is 33.6 Å². The summed E-state index contributed by atoms with van der Waals surface area (Å²) >= 11 is 0. The Bertz CT molecular complexity index is 179. The van der Waals surface area contributed by atoms with Gasteiger partial charge in [-0.05, 0) is 31.5 Å². The summed E-state index contributed by atoms with van der Waals surface area (Å²) in [7, 11) is 0. The average molecular weight is 196 g/mol. The van der Waals surface area contributed by atoms with Crippen LogP contribution in [0.3, 0.4) is 0 Å². The lowest BCUT2D eigenvalue weighted by molar-refractivity contribution is 0.189. The Hall–Kier alpha value is -0.520. The first-order valence-electron chi connectivity index (χ1n) is 5.41. The molecule has 2 N–H and O–H groups in total. The lowest BCUT2D eigenvalue weighted by atomic mass is 9.93. The van der Waals surface area contributed by atoms with Crippen LogP contribution in [0.5, 0.6) is 0 Å². The van der Waals surface area contributed by atoms with Gasteiger partial charge in [-0.2, -0.15) is 0 Å². The van der Waals surface area contributed by atoms with Crippen LogP contribution >= 0.6 is 0 Å². The molecule has 0 amide bonds. The summed E-state index contributed by atoms with van der Waals surface area (Å²) in [6, 6.07) is 0. The maximum absolute atomic E-state index is 5.71. The molecule has 0 aromatic heterocycles. The molecular weight excluding hydrogens is 172 g/mol. The summed E-state index contributed by atoms with van der Waals surface area (Å²) in [6.45, 7) is 10.6. The minimum absolute atomic E-state index is 0.214. The second kappa shape index (κ2) is 6.86. The van der Waals surface area contributed by atoms with Crippen molar-refractivity contribution in [2.24, 2.45) is 11.1 Å². The van der Waals surface area contributed by atoms with Gasteiger partial charge in [-0.15, -0.1) is 12.3 Å². The molecule has 0 fully saturated rings. The van der Waals surface area contributed by atoms with Crippen LogP contribution in [0.4, 0.5) is 0 Å². The minimum Gasteiger partial charge on any atom is -0.330 e. The Morgan fingerprint density at radius 2 is 2.07 bits per heavy atom. The van der Waals surface area contributed by atoms with Crippen molar-refractivity contribution in [1.82, 2.24) is 4.90 Å². The highest BCUT2D eigenvalue weighted by Crippen LogP contribution is 2.14. The van der Waals surface area contributed by atoms with Crippen molar-refractivity contribution in [2.45, 2.75) is 33.6 Å². The van der Waals surface area contributed by atoms with Crippen LogP contribution in [0, 0.1) is 17.8 Å². The van der Waals surface area contributed by atoms with Crippen LogP contribution < -0.4 is 5.73 Å². The van der Waals surface area contributed by atoms with E-state index >= 15 is 0 Å². The van der Waals surface area contributed by atoms with Gasteiger partial charge in [0.25, 0.3) is 0 Å². The molecule has 0 radical (unpaired) electrons. The molecule has 0 bridgehead atoms. The first-order chi connectivity index (χ1) is 6.55. The summed E-state index contributed by atoms with van der Waals surface area (Å²) in [5, 5.41) is 0. The molecule has 14 heavy (non-hydrogen) atoms. The Morgan fingerprint density at radius 3 is 2.50 bits per heavy atom. The van der Waals surface area contributed by atoms with Crippen molar-refractivity contribution >= 4 is 0 Å². The van der Waals surface area contributed by atoms with E-state index in [1.54, 1.807) is 0 Å². The third kappa shape index (κ3) is 6.01. The van der Waals surface area contributed by atoms with E-state index in [9.17, 15) is 0 Å². The second-order valence-corrected chi connectivity index (χ2v) is 4.54. The SMILES string of the molecule is C#CCCCN(CC)CC(C)(C)CN. The second-order valence-electron chi connectivity index (χ2n) is 4.54. The van der Waals surface area contributed by atoms with Gasteiger partial charge < -0.3 is 10.6 Å². The molecule has 0 aromatic carbocycles. The maximum Gasteiger partial charge on any atom is 0.00982 e. The lowest BCUT2D eigenvalue weighted by Gasteiger charge is -2.30. The number of rotatable bonds is 7. The number of hydrogen-bond acceptors (Lipinski definition) is 2. The molecule has 2 heteroatoms. The number of unbranched alkanes of at least 4 members (excludes halogenated alkanes) is 1. The topological polar surface area (TPSA) is 29.3 Å². The van der Waals surface area contributed by atoms with Crippen molar-refractivity contribution < 1.29 is 0 Å². The molecule has 2 nitrogen and oxygen atoms in total. The molecule has 0 saturated heterocycles. The van der Waals surface area contributed by atoms with Crippen molar-refractivity contribution in [3.05, 3.63) is 0 Å². The Morgan fingerprint density at radius 1 is 1.43 bits per heavy atom. The zero-order chi connectivity index (χ0) is 11.0. The van der Waals surface area contributed by atoms with E-state index in [-0.39, 0.29) is 5.41 Å². The van der Waals surface area contributed by atoms with Gasteiger partial charge in [-0.1, -0.05) is 20.8 Å². The van der Waals surface area contributed by atoms with Crippen LogP contribution in [-0.2, 0) is 0 Å². The van der Waals surface area contributed by atoms with E-state index in [0.29, 0.717) is 0 Å². The van der Waals surface area contributed by atoms with Gasteiger partial charge in [0.05, 0.1) is 0 Å². The first-order valence-corrected chi connectivity index (χ1v) is 5.41. The van der Waals surface area contributed by atoms with Gasteiger partial charge >= 0.3 is 0 Å². The maximum atomic E-state index is 5.71. The Kier molecular flexibility index (Phi) is 6.61. The monoisotopic (exact) mass is 196 g/mol. The molecule has 0 saturated carbocycles. The minimum atomic E-state index is 0.214. The molecule has 0 aliphatic rings. The predicted molar refractivity (Wildman–Crippen MR) is 63.0 cm³/mol. The van der Waals surface area contributed by atoms with E-state index in [1.807, 2.05) is 0 Å². The lowest BCUT2D eigenvalue weighted by Crippen LogP contribution is -2.39. The standard InChI is InChI=1S/C12H24N2/c1-5-7-8-9-14(6-2)11-12(3,4)10-13/h1H,6-11,13H2,2-4H3. The smallest absolute Gasteiger partial charge is 0.00982 e. The fourth-order valence-electron chi connectivity index (χ4n) is 1.42. The van der Waals surface area contributed by atoms with Crippen molar-refractivity contribution in [2.75, 3.05) is 26.2 Å². The van der Waals surface area contributed by atoms with Crippen LogP contribution in [0.25, 0.3) is 0 Å². The third-order valence-corrected chi connectivity index (χ3v) is 2.45. The van der Waals surface area contributed by atoms with Gasteiger partial charge in [-0.3, -0.25) is 0 Å². The first kappa shape index (κ1) is 13.5. The van der Waals surface area contributed by atoms with Gasteiger partial charge in [0.15, 0.2) is 0 Å². The van der Waals surface area contributed by atoms with E-state index < -0.39 is 0 Å². The van der Waals surface area contributed by atoms with E-state index in [4.69, 9.17) is 12.2 Å². The Labute approximate surface area is 88.9 Å². The van der Waals surface area contributed by atoms with E-state index in [2.05, 4.69) is 31.6 Å². The Balaban J connectivity index is 3.85. The molecule has 0 unspecified atom stereocenters. The quantitative estimate of drug-likeness (QED) is 0.496. The number of terminal acetylenes is 1. The van der Waals surface area contributed by atoms with Gasteiger partial charge in [0.1, 0.15) is 0 Å². The fraction of sp³-hybridized carbons (Fsp3) is 0.833. The third-order valence-electron chi connectivity index (χ3n) is 2.45. The molecule has 0 aliphatic heterocycles. The highest BCUT2D eigenvalue weighted by molar-refractivity contribution is 4.84. The van der Waals surface area contributed by atoms with Crippen LogP contribution in [0.15, 0.2) is 0 Å². The molecule has 0 aromatic rings. The molecule has 0 atom stereocenters. The number of hydrogen-bond donors (Lipinski definition) is 1. The summed E-state index contributed by atoms with van der Waals surface area (Å²) in [6.07, 6.45) is 7.18. The zero-order valence-corrected chi connectivity index (χ0v) is 9.84. The summed E-state index contributed by atoms with van der Waals surface area (Å²) in [4.78, 5) is 2.42. The fourth-order valence-corrected chi connectivity index (χ4v) is 1.42. The number of nitrogens with two attached hydrogens (primary N) is 1. The van der Waals surface area contributed by atoms with Gasteiger partial charge in [0, 0.05) is 13.0 Å². The van der Waals surface area contributed by atoms with Crippen LogP contribution in [0.2, 0.25) is 0 Å². The van der Waals surface area contributed by atoms with Crippen molar-refractivity contribution in [1.29, 1.82) is 0 Å². The molecule has 0 spiro atoms. The number of nitrogens with zero attached hydrogens (tertiary/aromatic N) is 1. The highest BCUT2D eigenvalue weighted by atomic mass is 15.1. The van der Waals surface area contributed by atoms with E-state index in [0.717, 1.165) is 39.0 Å². The van der Waals surface area contributed by atoms with Crippen molar-refractivity contribution in [3.8, 4) is 12.3 Å². The van der Waals surface area contributed by atoms with Gasteiger partial charge in [0.2, 0.25) is 0 Å². The highest BCUT2D eigenvalue weighted by Gasteiger charge is 2.18. The normalized spacial score (nSPS) is 11.7. The van der Waals surface area contributed by atoms with E-state index in [1.165, 1.54) is 0 Å². The predicted octanol–water partition coefficient (Wildman–Crippen LogP) is 1.71.